The highest BCUT2D eigenvalue weighted by atomic mass is 19.1. The maximum Gasteiger partial charge on any atom is 0.128 e. The molecule has 0 spiro atoms. The first-order valence-corrected chi connectivity index (χ1v) is 5.14. The number of anilines is 3. The summed E-state index contributed by atoms with van der Waals surface area (Å²) in [5.41, 5.74) is 7.82. The van der Waals surface area contributed by atoms with Crippen molar-refractivity contribution >= 4 is 17.1 Å². The summed E-state index contributed by atoms with van der Waals surface area (Å²) in [6, 6.07) is 8.75. The minimum Gasteiger partial charge on any atom is -0.397 e. The lowest BCUT2D eigenvalue weighted by Gasteiger charge is -2.10. The first-order chi connectivity index (χ1) is 8.06. The maximum atomic E-state index is 13.2. The van der Waals surface area contributed by atoms with Crippen molar-refractivity contribution in [2.45, 2.75) is 6.92 Å². The van der Waals surface area contributed by atoms with Gasteiger partial charge in [-0.25, -0.2) is 8.78 Å². The Morgan fingerprint density at radius 2 is 1.71 bits per heavy atom. The minimum absolute atomic E-state index is 0.307. The van der Waals surface area contributed by atoms with Crippen molar-refractivity contribution in [2.24, 2.45) is 0 Å². The predicted molar refractivity (Wildman–Crippen MR) is 65.2 cm³/mol. The van der Waals surface area contributed by atoms with E-state index < -0.39 is 0 Å². The van der Waals surface area contributed by atoms with Gasteiger partial charge in [-0.15, -0.1) is 0 Å². The van der Waals surface area contributed by atoms with Gasteiger partial charge < -0.3 is 11.1 Å². The molecule has 4 heteroatoms. The topological polar surface area (TPSA) is 38.0 Å². The molecule has 0 aliphatic heterocycles. The lowest BCUT2D eigenvalue weighted by Crippen LogP contribution is -1.98. The number of halogens is 2. The Bertz CT molecular complexity index is 536. The zero-order valence-electron chi connectivity index (χ0n) is 9.30. The monoisotopic (exact) mass is 234 g/mol. The van der Waals surface area contributed by atoms with Crippen molar-refractivity contribution in [2.75, 3.05) is 11.1 Å². The second kappa shape index (κ2) is 4.41. The van der Waals surface area contributed by atoms with Gasteiger partial charge >= 0.3 is 0 Å². The van der Waals surface area contributed by atoms with Crippen LogP contribution in [0.1, 0.15) is 5.56 Å². The van der Waals surface area contributed by atoms with E-state index in [0.717, 1.165) is 0 Å². The predicted octanol–water partition coefficient (Wildman–Crippen LogP) is 3.60. The highest BCUT2D eigenvalue weighted by Gasteiger charge is 2.05. The molecule has 88 valence electrons. The van der Waals surface area contributed by atoms with Gasteiger partial charge in [0.2, 0.25) is 0 Å². The molecular weight excluding hydrogens is 222 g/mol. The molecule has 0 unspecified atom stereocenters. The number of nitrogens with two attached hydrogens (primary N) is 1. The van der Waals surface area contributed by atoms with Gasteiger partial charge in [0.1, 0.15) is 11.6 Å². The summed E-state index contributed by atoms with van der Waals surface area (Å²) >= 11 is 0. The van der Waals surface area contributed by atoms with Crippen molar-refractivity contribution in [3.63, 3.8) is 0 Å². The van der Waals surface area contributed by atoms with Crippen LogP contribution < -0.4 is 11.1 Å². The van der Waals surface area contributed by atoms with Crippen molar-refractivity contribution in [1.82, 2.24) is 0 Å². The average molecular weight is 234 g/mol. The first-order valence-electron chi connectivity index (χ1n) is 5.14. The molecule has 0 fully saturated rings. The second-order valence-corrected chi connectivity index (χ2v) is 3.82. The number of nitrogen functional groups attached to an aromatic ring is 1. The third-order valence-corrected chi connectivity index (χ3v) is 2.45. The zero-order valence-corrected chi connectivity index (χ0v) is 9.30. The Kier molecular flexibility index (Phi) is 2.95. The van der Waals surface area contributed by atoms with Crippen LogP contribution in [-0.4, -0.2) is 0 Å². The largest absolute Gasteiger partial charge is 0.397 e. The number of nitrogens with one attached hydrogen (secondary N) is 1. The van der Waals surface area contributed by atoms with Crippen LogP contribution in [0.15, 0.2) is 36.4 Å². The smallest absolute Gasteiger partial charge is 0.128 e. The fraction of sp³-hybridized carbons (Fsp3) is 0.0769. The summed E-state index contributed by atoms with van der Waals surface area (Å²) in [7, 11) is 0. The fourth-order valence-electron chi connectivity index (χ4n) is 1.49. The van der Waals surface area contributed by atoms with E-state index in [-0.39, 0.29) is 11.6 Å². The molecule has 0 saturated carbocycles. The molecule has 0 bridgehead atoms. The highest BCUT2D eigenvalue weighted by Crippen LogP contribution is 2.26. The van der Waals surface area contributed by atoms with Gasteiger partial charge in [0.05, 0.1) is 11.4 Å². The van der Waals surface area contributed by atoms with E-state index >= 15 is 0 Å². The third kappa shape index (κ3) is 2.53. The van der Waals surface area contributed by atoms with Crippen LogP contribution in [0, 0.1) is 18.6 Å². The average Bonchev–Trinajstić information content (AvgIpc) is 2.29. The molecular formula is C13H12F2N2. The number of rotatable bonds is 2. The Hall–Kier alpha value is -2.10. The maximum absolute atomic E-state index is 13.2. The summed E-state index contributed by atoms with van der Waals surface area (Å²) in [4.78, 5) is 0. The molecule has 3 N–H and O–H groups in total. The molecule has 0 amide bonds. The van der Waals surface area contributed by atoms with Crippen molar-refractivity contribution in [1.29, 1.82) is 0 Å². The lowest BCUT2D eigenvalue weighted by molar-refractivity contribution is 0.619. The normalized spacial score (nSPS) is 10.3. The summed E-state index contributed by atoms with van der Waals surface area (Å²) in [6.45, 7) is 1.66. The van der Waals surface area contributed by atoms with Crippen LogP contribution in [-0.2, 0) is 0 Å². The van der Waals surface area contributed by atoms with Crippen LogP contribution in [0.2, 0.25) is 0 Å². The Labute approximate surface area is 98.1 Å². The Balaban J connectivity index is 2.30. The van der Waals surface area contributed by atoms with Gasteiger partial charge in [-0.3, -0.25) is 0 Å². The quantitative estimate of drug-likeness (QED) is 0.779. The van der Waals surface area contributed by atoms with E-state index in [9.17, 15) is 8.78 Å². The SMILES string of the molecule is Cc1cc(Nc2ccc(F)cc2)c(N)cc1F. The molecule has 17 heavy (non-hydrogen) atoms. The molecule has 0 atom stereocenters. The molecule has 2 aromatic rings. The fourth-order valence-corrected chi connectivity index (χ4v) is 1.49. The molecule has 0 heterocycles. The molecule has 2 aromatic carbocycles. The molecule has 2 rings (SSSR count). The van der Waals surface area contributed by atoms with Crippen LogP contribution in [0.5, 0.6) is 0 Å². The van der Waals surface area contributed by atoms with Gasteiger partial charge in [0.25, 0.3) is 0 Å². The van der Waals surface area contributed by atoms with E-state index in [1.165, 1.54) is 18.2 Å². The highest BCUT2D eigenvalue weighted by molar-refractivity contribution is 5.73. The molecule has 0 saturated heterocycles. The van der Waals surface area contributed by atoms with E-state index in [1.807, 2.05) is 0 Å². The van der Waals surface area contributed by atoms with Crippen LogP contribution in [0.3, 0.4) is 0 Å². The molecule has 0 aliphatic rings. The van der Waals surface area contributed by atoms with Crippen LogP contribution in [0.4, 0.5) is 25.8 Å². The number of aryl methyl sites for hydroxylation is 1. The number of hydrogen-bond donors (Lipinski definition) is 2. The van der Waals surface area contributed by atoms with Gasteiger partial charge in [-0.05, 0) is 48.9 Å². The Morgan fingerprint density at radius 3 is 2.35 bits per heavy atom. The van der Waals surface area contributed by atoms with Crippen molar-refractivity contribution in [3.05, 3.63) is 53.6 Å². The minimum atomic E-state index is -0.341. The summed E-state index contributed by atoms with van der Waals surface area (Å²) in [5.74, 6) is -0.647. The van der Waals surface area contributed by atoms with E-state index in [2.05, 4.69) is 5.32 Å². The molecule has 0 radical (unpaired) electrons. The first kappa shape index (κ1) is 11.4. The van der Waals surface area contributed by atoms with Gasteiger partial charge in [0, 0.05) is 5.69 Å². The summed E-state index contributed by atoms with van der Waals surface area (Å²) < 4.78 is 25.9. The van der Waals surface area contributed by atoms with Crippen molar-refractivity contribution < 1.29 is 8.78 Å². The Morgan fingerprint density at radius 1 is 1.06 bits per heavy atom. The zero-order chi connectivity index (χ0) is 12.4. The van der Waals surface area contributed by atoms with Crippen LogP contribution >= 0.6 is 0 Å². The van der Waals surface area contributed by atoms with Crippen molar-refractivity contribution in [3.8, 4) is 0 Å². The molecule has 0 aromatic heterocycles. The second-order valence-electron chi connectivity index (χ2n) is 3.82. The van der Waals surface area contributed by atoms with E-state index in [4.69, 9.17) is 5.73 Å². The van der Waals surface area contributed by atoms with Crippen LogP contribution in [0.25, 0.3) is 0 Å². The van der Waals surface area contributed by atoms with Gasteiger partial charge in [0.15, 0.2) is 0 Å². The standard InChI is InChI=1S/C13H12F2N2/c1-8-6-13(12(16)7-11(8)15)17-10-4-2-9(14)3-5-10/h2-7,17H,16H2,1H3. The lowest BCUT2D eigenvalue weighted by atomic mass is 10.1. The summed E-state index contributed by atoms with van der Waals surface area (Å²) in [6.07, 6.45) is 0. The number of hydrogen-bond acceptors (Lipinski definition) is 2. The molecule has 0 aliphatic carbocycles. The molecule has 2 nitrogen and oxygen atoms in total. The summed E-state index contributed by atoms with van der Waals surface area (Å²) in [5, 5.41) is 3.01. The van der Waals surface area contributed by atoms with E-state index in [1.54, 1.807) is 25.1 Å². The number of benzene rings is 2. The van der Waals surface area contributed by atoms with E-state index in [0.29, 0.717) is 22.6 Å². The van der Waals surface area contributed by atoms with Gasteiger partial charge in [-0.2, -0.15) is 0 Å². The van der Waals surface area contributed by atoms with Gasteiger partial charge in [-0.1, -0.05) is 0 Å². The third-order valence-electron chi connectivity index (χ3n) is 2.45.